The molecular weight excluding hydrogens is 282 g/mol. The lowest BCUT2D eigenvalue weighted by atomic mass is 10.1. The second-order valence-corrected chi connectivity index (χ2v) is 6.79. The van der Waals surface area contributed by atoms with Crippen molar-refractivity contribution in [1.29, 1.82) is 0 Å². The van der Waals surface area contributed by atoms with Gasteiger partial charge in [0, 0.05) is 24.5 Å². The van der Waals surface area contributed by atoms with Gasteiger partial charge in [-0.1, -0.05) is 6.92 Å². The highest BCUT2D eigenvalue weighted by Gasteiger charge is 2.19. The van der Waals surface area contributed by atoms with Gasteiger partial charge in [-0.2, -0.15) is 4.98 Å². The fourth-order valence-corrected chi connectivity index (χ4v) is 3.81. The smallest absolute Gasteiger partial charge is 0.225 e. The first-order valence-electron chi connectivity index (χ1n) is 7.63. The highest BCUT2D eigenvalue weighted by Crippen LogP contribution is 2.31. The predicted molar refractivity (Wildman–Crippen MR) is 90.5 cm³/mol. The summed E-state index contributed by atoms with van der Waals surface area (Å²) in [5.74, 6) is 1.67. The molecule has 1 aliphatic rings. The number of nitrogens with one attached hydrogen (secondary N) is 2. The third-order valence-corrected chi connectivity index (χ3v) is 5.15. The van der Waals surface area contributed by atoms with Crippen LogP contribution in [0.1, 0.15) is 24.6 Å². The van der Waals surface area contributed by atoms with Crippen molar-refractivity contribution < 1.29 is 0 Å². The maximum atomic E-state index is 4.64. The number of thiophene rings is 1. The lowest BCUT2D eigenvalue weighted by Crippen LogP contribution is -2.39. The molecule has 3 heterocycles. The summed E-state index contributed by atoms with van der Waals surface area (Å²) in [6.07, 6.45) is 3.49. The van der Waals surface area contributed by atoms with E-state index in [0.29, 0.717) is 12.0 Å². The normalized spacial score (nSPS) is 19.9. The molecule has 0 radical (unpaired) electrons. The fourth-order valence-electron chi connectivity index (χ4n) is 2.84. The Kier molecular flexibility index (Phi) is 4.26. The van der Waals surface area contributed by atoms with Crippen LogP contribution in [0.5, 0.6) is 0 Å². The zero-order valence-electron chi connectivity index (χ0n) is 12.9. The average molecular weight is 305 g/mol. The predicted octanol–water partition coefficient (Wildman–Crippen LogP) is 2.80. The summed E-state index contributed by atoms with van der Waals surface area (Å²) < 4.78 is 0. The summed E-state index contributed by atoms with van der Waals surface area (Å²) in [7, 11) is 4.05. The van der Waals surface area contributed by atoms with Crippen LogP contribution in [-0.2, 0) is 6.42 Å². The number of likely N-dealkylation sites (tertiary alicyclic amines) is 1. The molecule has 0 spiro atoms. The van der Waals surface area contributed by atoms with Gasteiger partial charge in [0.1, 0.15) is 10.6 Å². The van der Waals surface area contributed by atoms with Gasteiger partial charge in [-0.25, -0.2) is 4.98 Å². The maximum absolute atomic E-state index is 4.64. The lowest BCUT2D eigenvalue weighted by Gasteiger charge is -2.30. The molecule has 21 heavy (non-hydrogen) atoms. The third kappa shape index (κ3) is 3.11. The summed E-state index contributed by atoms with van der Waals surface area (Å²) in [5, 5.41) is 7.86. The minimum absolute atomic E-state index is 0.469. The number of piperidine rings is 1. The molecular formula is C15H23N5S. The van der Waals surface area contributed by atoms with Crippen LogP contribution in [0.25, 0.3) is 10.2 Å². The molecule has 114 valence electrons. The quantitative estimate of drug-likeness (QED) is 0.910. The van der Waals surface area contributed by atoms with Gasteiger partial charge in [0.05, 0.1) is 5.39 Å². The number of likely N-dealkylation sites (N-methyl/N-ethyl adjacent to an activating group) is 1. The van der Waals surface area contributed by atoms with E-state index in [9.17, 15) is 0 Å². The van der Waals surface area contributed by atoms with Crippen molar-refractivity contribution in [1.82, 2.24) is 14.9 Å². The second-order valence-electron chi connectivity index (χ2n) is 5.68. The molecule has 5 nitrogen and oxygen atoms in total. The van der Waals surface area contributed by atoms with E-state index in [-0.39, 0.29) is 0 Å². The largest absolute Gasteiger partial charge is 0.365 e. The molecule has 1 aliphatic heterocycles. The number of hydrogen-bond donors (Lipinski definition) is 2. The highest BCUT2D eigenvalue weighted by atomic mass is 32.1. The number of rotatable bonds is 4. The summed E-state index contributed by atoms with van der Waals surface area (Å²) in [4.78, 5) is 14.0. The van der Waals surface area contributed by atoms with Gasteiger partial charge in [-0.05, 0) is 38.9 Å². The Balaban J connectivity index is 1.93. The summed E-state index contributed by atoms with van der Waals surface area (Å²) in [5.41, 5.74) is 0. The van der Waals surface area contributed by atoms with Gasteiger partial charge in [0.2, 0.25) is 5.95 Å². The molecule has 1 fully saturated rings. The molecule has 2 aromatic rings. The Bertz CT molecular complexity index is 624. The third-order valence-electron chi connectivity index (χ3n) is 3.98. The van der Waals surface area contributed by atoms with Crippen molar-refractivity contribution in [3.05, 3.63) is 10.9 Å². The molecule has 0 bridgehead atoms. The number of aromatic nitrogens is 2. The van der Waals surface area contributed by atoms with Gasteiger partial charge < -0.3 is 15.5 Å². The lowest BCUT2D eigenvalue weighted by molar-refractivity contribution is 0.261. The van der Waals surface area contributed by atoms with Crippen LogP contribution in [0.15, 0.2) is 6.07 Å². The fraction of sp³-hybridized carbons (Fsp3) is 0.600. The van der Waals surface area contributed by atoms with Gasteiger partial charge in [0.25, 0.3) is 0 Å². The van der Waals surface area contributed by atoms with Crippen LogP contribution in [0.3, 0.4) is 0 Å². The minimum atomic E-state index is 0.469. The Hall–Kier alpha value is -1.40. The van der Waals surface area contributed by atoms with E-state index in [0.717, 1.165) is 29.0 Å². The first kappa shape index (κ1) is 14.5. The van der Waals surface area contributed by atoms with E-state index >= 15 is 0 Å². The van der Waals surface area contributed by atoms with Crippen LogP contribution in [0.2, 0.25) is 0 Å². The Morgan fingerprint density at radius 3 is 3.00 bits per heavy atom. The average Bonchev–Trinajstić information content (AvgIpc) is 2.90. The molecule has 1 saturated heterocycles. The first-order chi connectivity index (χ1) is 10.2. The second kappa shape index (κ2) is 6.15. The first-order valence-corrected chi connectivity index (χ1v) is 8.44. The van der Waals surface area contributed by atoms with Crippen LogP contribution in [0.4, 0.5) is 11.8 Å². The number of nitrogens with zero attached hydrogens (tertiary/aromatic N) is 3. The number of fused-ring (bicyclic) bond motifs is 1. The van der Waals surface area contributed by atoms with Crippen molar-refractivity contribution in [3.8, 4) is 0 Å². The number of aryl methyl sites for hydroxylation is 1. The van der Waals surface area contributed by atoms with Crippen molar-refractivity contribution >= 4 is 33.3 Å². The molecule has 0 aromatic carbocycles. The van der Waals surface area contributed by atoms with Crippen LogP contribution >= 0.6 is 11.3 Å². The van der Waals surface area contributed by atoms with Crippen molar-refractivity contribution in [2.75, 3.05) is 37.8 Å². The molecule has 0 saturated carbocycles. The monoisotopic (exact) mass is 305 g/mol. The van der Waals surface area contributed by atoms with E-state index in [1.54, 1.807) is 11.3 Å². The topological polar surface area (TPSA) is 53.1 Å². The standard InChI is InChI=1S/C15H23N5S/c1-4-11-8-12-13(17-10-6-5-7-20(3)9-10)18-15(16-2)19-14(12)21-11/h8,10H,4-7,9H2,1-3H3,(H2,16,17,18,19). The summed E-state index contributed by atoms with van der Waals surface area (Å²) in [6, 6.07) is 2.70. The molecule has 0 aliphatic carbocycles. The van der Waals surface area contributed by atoms with E-state index in [1.165, 1.54) is 24.3 Å². The van der Waals surface area contributed by atoms with Gasteiger partial charge in [-0.15, -0.1) is 11.3 Å². The minimum Gasteiger partial charge on any atom is -0.365 e. The number of anilines is 2. The SMILES string of the molecule is CCc1cc2c(NC3CCCN(C)C3)nc(NC)nc2s1. The van der Waals surface area contributed by atoms with Crippen molar-refractivity contribution in [3.63, 3.8) is 0 Å². The van der Waals surface area contributed by atoms with Crippen LogP contribution < -0.4 is 10.6 Å². The van der Waals surface area contributed by atoms with E-state index in [2.05, 4.69) is 45.5 Å². The van der Waals surface area contributed by atoms with Gasteiger partial charge in [0.15, 0.2) is 0 Å². The number of hydrogen-bond acceptors (Lipinski definition) is 6. The van der Waals surface area contributed by atoms with Crippen molar-refractivity contribution in [2.45, 2.75) is 32.2 Å². The van der Waals surface area contributed by atoms with Crippen LogP contribution in [-0.4, -0.2) is 48.1 Å². The van der Waals surface area contributed by atoms with Crippen LogP contribution in [0, 0.1) is 0 Å². The molecule has 3 rings (SSSR count). The molecule has 1 atom stereocenters. The van der Waals surface area contributed by atoms with E-state index < -0.39 is 0 Å². The molecule has 6 heteroatoms. The molecule has 1 unspecified atom stereocenters. The van der Waals surface area contributed by atoms with Crippen molar-refractivity contribution in [2.24, 2.45) is 0 Å². The summed E-state index contributed by atoms with van der Waals surface area (Å²) in [6.45, 7) is 4.45. The Morgan fingerprint density at radius 2 is 2.29 bits per heavy atom. The molecule has 2 N–H and O–H groups in total. The maximum Gasteiger partial charge on any atom is 0.225 e. The Morgan fingerprint density at radius 1 is 1.43 bits per heavy atom. The summed E-state index contributed by atoms with van der Waals surface area (Å²) >= 11 is 1.76. The molecule has 0 amide bonds. The van der Waals surface area contributed by atoms with E-state index in [4.69, 9.17) is 0 Å². The molecule has 2 aromatic heterocycles. The van der Waals surface area contributed by atoms with Gasteiger partial charge in [-0.3, -0.25) is 0 Å². The van der Waals surface area contributed by atoms with Gasteiger partial charge >= 0.3 is 0 Å². The van der Waals surface area contributed by atoms with E-state index in [1.807, 2.05) is 7.05 Å². The zero-order valence-corrected chi connectivity index (χ0v) is 13.8. The Labute approximate surface area is 129 Å². The zero-order chi connectivity index (χ0) is 14.8. The highest BCUT2D eigenvalue weighted by molar-refractivity contribution is 7.18.